The first-order valence-corrected chi connectivity index (χ1v) is 16.4. The fraction of sp³-hybridized carbons (Fsp3) is 0.286. The van der Waals surface area contributed by atoms with Crippen LogP contribution >= 0.6 is 0 Å². The van der Waals surface area contributed by atoms with Crippen LogP contribution in [-0.4, -0.2) is 0 Å². The van der Waals surface area contributed by atoms with Gasteiger partial charge in [-0.3, -0.25) is 0 Å². The Kier molecular flexibility index (Phi) is 3.24. The minimum Gasteiger partial charge on any atom is -0.0795 e. The van der Waals surface area contributed by atoms with E-state index in [0.29, 0.717) is 65.1 Å². The molecule has 3 fully saturated rings. The average Bonchev–Trinajstić information content (AvgIpc) is 3.06. The van der Waals surface area contributed by atoms with Crippen molar-refractivity contribution in [3.8, 4) is 0 Å². The standard InChI is InChI=1S/C42H30/c1-7-19-21-9-2-11-23-25-13-4-15-27-29-17-6-18-30-28-16-5-14-26-24-12-3-10-22-20(8-1)31(19)37-38(32(21)23)40(34(25)27)42(36(29)30)41(35(26)28)39(37)33(22)24/h1-17,31-35,37-42H,18H2. The summed E-state index contributed by atoms with van der Waals surface area (Å²) in [6, 6.07) is 0. The lowest BCUT2D eigenvalue weighted by atomic mass is 9.31. The quantitative estimate of drug-likeness (QED) is 0.292. The highest BCUT2D eigenvalue weighted by Gasteiger charge is 2.71. The molecule has 13 aliphatic rings. The van der Waals surface area contributed by atoms with E-state index in [4.69, 9.17) is 0 Å². The summed E-state index contributed by atoms with van der Waals surface area (Å²) in [5.74, 6) is 6.90. The Morgan fingerprint density at radius 1 is 0.405 bits per heavy atom. The van der Waals surface area contributed by atoms with Crippen LogP contribution in [0.5, 0.6) is 0 Å². The van der Waals surface area contributed by atoms with Crippen molar-refractivity contribution in [1.82, 2.24) is 0 Å². The van der Waals surface area contributed by atoms with Gasteiger partial charge < -0.3 is 0 Å². The van der Waals surface area contributed by atoms with Crippen LogP contribution < -0.4 is 0 Å². The first-order chi connectivity index (χ1) is 20.9. The van der Waals surface area contributed by atoms with Crippen LogP contribution in [0.25, 0.3) is 0 Å². The van der Waals surface area contributed by atoms with E-state index < -0.39 is 0 Å². The van der Waals surface area contributed by atoms with Crippen molar-refractivity contribution in [2.75, 3.05) is 0 Å². The molecule has 0 aliphatic heterocycles. The molecule has 11 atom stereocenters. The summed E-state index contributed by atoms with van der Waals surface area (Å²) in [5.41, 5.74) is 21.6. The van der Waals surface area contributed by atoms with Gasteiger partial charge in [-0.1, -0.05) is 103 Å². The van der Waals surface area contributed by atoms with Crippen LogP contribution in [0, 0.1) is 65.1 Å². The van der Waals surface area contributed by atoms with Gasteiger partial charge in [-0.2, -0.15) is 0 Å². The minimum absolute atomic E-state index is 0.541. The Balaban J connectivity index is 1.24. The fourth-order valence-corrected chi connectivity index (χ4v) is 13.6. The third-order valence-corrected chi connectivity index (χ3v) is 14.2. The molecule has 0 aromatic carbocycles. The summed E-state index contributed by atoms with van der Waals surface area (Å²) in [6.45, 7) is 0. The van der Waals surface area contributed by atoms with Gasteiger partial charge in [-0.05, 0) is 114 Å². The predicted molar refractivity (Wildman–Crippen MR) is 166 cm³/mol. The molecule has 0 saturated heterocycles. The van der Waals surface area contributed by atoms with E-state index in [1.807, 2.05) is 0 Å². The topological polar surface area (TPSA) is 0 Å². The summed E-state index contributed by atoms with van der Waals surface area (Å²) >= 11 is 0. The molecule has 42 heavy (non-hydrogen) atoms. The van der Waals surface area contributed by atoms with Crippen molar-refractivity contribution in [1.29, 1.82) is 0 Å². The molecule has 3 saturated carbocycles. The van der Waals surface area contributed by atoms with E-state index in [1.54, 1.807) is 72.5 Å². The van der Waals surface area contributed by atoms with E-state index in [1.165, 1.54) is 0 Å². The number of fused-ring (bicyclic) bond motifs is 3. The first kappa shape index (κ1) is 20.9. The second-order valence-corrected chi connectivity index (χ2v) is 14.9. The van der Waals surface area contributed by atoms with E-state index in [0.717, 1.165) is 6.42 Å². The van der Waals surface area contributed by atoms with Crippen molar-refractivity contribution in [2.45, 2.75) is 6.42 Å². The van der Waals surface area contributed by atoms with E-state index in [2.05, 4.69) is 103 Å². The molecule has 0 nitrogen and oxygen atoms in total. The highest BCUT2D eigenvalue weighted by molar-refractivity contribution is 5.74. The molecular weight excluding hydrogens is 504 g/mol. The van der Waals surface area contributed by atoms with Crippen molar-refractivity contribution < 1.29 is 0 Å². The Morgan fingerprint density at radius 2 is 0.810 bits per heavy atom. The van der Waals surface area contributed by atoms with Crippen LogP contribution in [0.2, 0.25) is 0 Å². The second-order valence-electron chi connectivity index (χ2n) is 14.9. The van der Waals surface area contributed by atoms with Crippen molar-refractivity contribution in [3.05, 3.63) is 176 Å². The largest absolute Gasteiger partial charge is 0.0795 e. The van der Waals surface area contributed by atoms with E-state index in [9.17, 15) is 0 Å². The van der Waals surface area contributed by atoms with Gasteiger partial charge in [0.15, 0.2) is 0 Å². The summed E-state index contributed by atoms with van der Waals surface area (Å²) in [4.78, 5) is 0. The van der Waals surface area contributed by atoms with Crippen molar-refractivity contribution in [2.24, 2.45) is 65.1 Å². The third-order valence-electron chi connectivity index (χ3n) is 14.2. The highest BCUT2D eigenvalue weighted by Crippen LogP contribution is 2.78. The van der Waals surface area contributed by atoms with Gasteiger partial charge in [0.1, 0.15) is 0 Å². The SMILES string of the molecule is C1=CC2=C3CC=CC4=C3C3C5C6C4=CC=CC6=C4C=CC=C6C7=CC=CC8=C9C=CC=C%10C(=C1)C2C3C(C%109)C(C78)C5C64. The summed E-state index contributed by atoms with van der Waals surface area (Å²) in [5, 5.41) is 0. The highest BCUT2D eigenvalue weighted by atomic mass is 14.7. The van der Waals surface area contributed by atoms with Gasteiger partial charge in [0, 0.05) is 29.6 Å². The Bertz CT molecular complexity index is 2050. The molecule has 0 bridgehead atoms. The predicted octanol–water partition coefficient (Wildman–Crippen LogP) is 8.49. The molecule has 13 aliphatic carbocycles. The Labute approximate surface area is 246 Å². The maximum absolute atomic E-state index is 2.54. The zero-order valence-corrected chi connectivity index (χ0v) is 23.4. The minimum atomic E-state index is 0.541. The zero-order chi connectivity index (χ0) is 26.6. The lowest BCUT2D eigenvalue weighted by Crippen LogP contribution is -2.66. The Morgan fingerprint density at radius 3 is 1.33 bits per heavy atom. The van der Waals surface area contributed by atoms with Gasteiger partial charge in [-0.25, -0.2) is 0 Å². The van der Waals surface area contributed by atoms with Crippen LogP contribution in [0.4, 0.5) is 0 Å². The number of rotatable bonds is 0. The maximum Gasteiger partial charge on any atom is 0.0136 e. The number of allylic oxidation sites excluding steroid dienone is 30. The van der Waals surface area contributed by atoms with Gasteiger partial charge in [0.05, 0.1) is 0 Å². The summed E-state index contributed by atoms with van der Waals surface area (Å²) < 4.78 is 0. The van der Waals surface area contributed by atoms with E-state index >= 15 is 0 Å². The molecule has 0 aromatic heterocycles. The van der Waals surface area contributed by atoms with Crippen LogP contribution in [0.15, 0.2) is 176 Å². The maximum atomic E-state index is 2.54. The number of hydrogen-bond acceptors (Lipinski definition) is 0. The average molecular weight is 535 g/mol. The molecule has 13 rings (SSSR count). The fourth-order valence-electron chi connectivity index (χ4n) is 13.6. The lowest BCUT2D eigenvalue weighted by molar-refractivity contribution is -0.101. The molecule has 0 spiro atoms. The normalized spacial score (nSPS) is 46.5. The van der Waals surface area contributed by atoms with Gasteiger partial charge in [0.25, 0.3) is 0 Å². The third kappa shape index (κ3) is 1.92. The van der Waals surface area contributed by atoms with E-state index in [-0.39, 0.29) is 0 Å². The Hall–Kier alpha value is -3.90. The molecule has 11 unspecified atom stereocenters. The smallest absolute Gasteiger partial charge is 0.0136 e. The molecular formula is C42H30. The molecule has 198 valence electrons. The molecule has 0 aromatic rings. The van der Waals surface area contributed by atoms with Crippen LogP contribution in [0.1, 0.15) is 6.42 Å². The lowest BCUT2D eigenvalue weighted by Gasteiger charge is -2.72. The van der Waals surface area contributed by atoms with Crippen LogP contribution in [-0.2, 0) is 0 Å². The molecule has 0 N–H and O–H groups in total. The van der Waals surface area contributed by atoms with Crippen molar-refractivity contribution in [3.63, 3.8) is 0 Å². The van der Waals surface area contributed by atoms with Crippen LogP contribution in [0.3, 0.4) is 0 Å². The monoisotopic (exact) mass is 534 g/mol. The number of hydrogen-bond donors (Lipinski definition) is 0. The second kappa shape index (κ2) is 6.52. The molecule has 0 heterocycles. The summed E-state index contributed by atoms with van der Waals surface area (Å²) in [7, 11) is 0. The first-order valence-electron chi connectivity index (χ1n) is 16.4. The zero-order valence-electron chi connectivity index (χ0n) is 23.4. The summed E-state index contributed by atoms with van der Waals surface area (Å²) in [6.07, 6.45) is 43.3. The molecule has 0 radical (unpaired) electrons. The van der Waals surface area contributed by atoms with Gasteiger partial charge in [0.2, 0.25) is 0 Å². The van der Waals surface area contributed by atoms with Crippen molar-refractivity contribution >= 4 is 0 Å². The molecule has 0 amide bonds. The molecule has 0 heteroatoms. The van der Waals surface area contributed by atoms with Gasteiger partial charge in [-0.15, -0.1) is 0 Å². The van der Waals surface area contributed by atoms with Gasteiger partial charge >= 0.3 is 0 Å².